The Labute approximate surface area is 124 Å². The largest absolute Gasteiger partial charge is 0.356 e. The summed E-state index contributed by atoms with van der Waals surface area (Å²) in [5, 5.41) is 2.94. The Kier molecular flexibility index (Phi) is 3.99. The number of piperidine rings is 1. The number of anilines is 3. The first kappa shape index (κ1) is 13.8. The Balaban J connectivity index is 1.78. The second kappa shape index (κ2) is 6.08. The van der Waals surface area contributed by atoms with Crippen LogP contribution >= 0.6 is 0 Å². The van der Waals surface area contributed by atoms with Crippen LogP contribution in [-0.2, 0) is 0 Å². The molecule has 1 aliphatic heterocycles. The lowest BCUT2D eigenvalue weighted by molar-refractivity contribution is 0.444. The van der Waals surface area contributed by atoms with Crippen LogP contribution in [0.1, 0.15) is 19.8 Å². The van der Waals surface area contributed by atoms with E-state index in [1.54, 1.807) is 24.4 Å². The molecule has 0 amide bonds. The van der Waals surface area contributed by atoms with E-state index in [0.29, 0.717) is 17.6 Å². The second-order valence-electron chi connectivity index (χ2n) is 5.54. The topological polar surface area (TPSA) is 41.1 Å². The van der Waals surface area contributed by atoms with Crippen LogP contribution < -0.4 is 10.2 Å². The van der Waals surface area contributed by atoms with E-state index in [1.807, 2.05) is 6.07 Å². The molecule has 2 aromatic rings. The molecule has 1 saturated heterocycles. The smallest absolute Gasteiger partial charge is 0.229 e. The molecule has 1 aliphatic rings. The molecule has 0 spiro atoms. The van der Waals surface area contributed by atoms with E-state index in [-0.39, 0.29) is 5.82 Å². The van der Waals surface area contributed by atoms with Gasteiger partial charge in [-0.1, -0.05) is 19.1 Å². The van der Waals surface area contributed by atoms with Gasteiger partial charge >= 0.3 is 0 Å². The molecule has 0 saturated carbocycles. The van der Waals surface area contributed by atoms with Crippen molar-refractivity contribution in [3.63, 3.8) is 0 Å². The maximum Gasteiger partial charge on any atom is 0.229 e. The summed E-state index contributed by atoms with van der Waals surface area (Å²) in [6.45, 7) is 4.28. The zero-order valence-corrected chi connectivity index (χ0v) is 12.1. The van der Waals surface area contributed by atoms with Gasteiger partial charge in [-0.2, -0.15) is 4.98 Å². The van der Waals surface area contributed by atoms with Gasteiger partial charge < -0.3 is 10.2 Å². The van der Waals surface area contributed by atoms with Crippen molar-refractivity contribution in [2.24, 2.45) is 5.92 Å². The number of benzene rings is 1. The van der Waals surface area contributed by atoms with Gasteiger partial charge in [0.1, 0.15) is 11.6 Å². The molecule has 0 aliphatic carbocycles. The molecule has 3 rings (SSSR count). The zero-order chi connectivity index (χ0) is 14.7. The standard InChI is InChI=1S/C16H19FN4/c1-12-5-4-10-21(11-12)15-8-9-18-16(20-15)19-14-7-3-2-6-13(14)17/h2-3,6-9,12H,4-5,10-11H2,1H3,(H,18,19,20). The maximum absolute atomic E-state index is 13.7. The number of halogens is 1. The van der Waals surface area contributed by atoms with Crippen molar-refractivity contribution in [3.8, 4) is 0 Å². The first-order valence-corrected chi connectivity index (χ1v) is 7.32. The average Bonchev–Trinajstić information content (AvgIpc) is 2.50. The van der Waals surface area contributed by atoms with E-state index in [0.717, 1.165) is 18.9 Å². The van der Waals surface area contributed by atoms with Crippen LogP contribution in [0, 0.1) is 11.7 Å². The summed E-state index contributed by atoms with van der Waals surface area (Å²) < 4.78 is 13.7. The van der Waals surface area contributed by atoms with E-state index >= 15 is 0 Å². The minimum absolute atomic E-state index is 0.307. The van der Waals surface area contributed by atoms with Gasteiger partial charge in [0.15, 0.2) is 0 Å². The fourth-order valence-corrected chi connectivity index (χ4v) is 2.67. The van der Waals surface area contributed by atoms with E-state index in [2.05, 4.69) is 27.1 Å². The molecular formula is C16H19FN4. The third-order valence-electron chi connectivity index (χ3n) is 3.74. The van der Waals surface area contributed by atoms with Crippen LogP contribution in [0.2, 0.25) is 0 Å². The Morgan fingerprint density at radius 2 is 2.14 bits per heavy atom. The third kappa shape index (κ3) is 3.29. The molecule has 5 heteroatoms. The van der Waals surface area contributed by atoms with Gasteiger partial charge in [-0.15, -0.1) is 0 Å². The van der Waals surface area contributed by atoms with Crippen LogP contribution in [0.4, 0.5) is 21.8 Å². The van der Waals surface area contributed by atoms with E-state index in [9.17, 15) is 4.39 Å². The summed E-state index contributed by atoms with van der Waals surface area (Å²) in [4.78, 5) is 10.9. The predicted molar refractivity (Wildman–Crippen MR) is 82.3 cm³/mol. The SMILES string of the molecule is CC1CCCN(c2ccnc(Nc3ccccc3F)n2)C1. The molecule has 1 fully saturated rings. The van der Waals surface area contributed by atoms with Crippen molar-refractivity contribution in [3.05, 3.63) is 42.3 Å². The first-order chi connectivity index (χ1) is 10.2. The lowest BCUT2D eigenvalue weighted by Crippen LogP contribution is -2.34. The van der Waals surface area contributed by atoms with Gasteiger partial charge in [0, 0.05) is 19.3 Å². The highest BCUT2D eigenvalue weighted by Crippen LogP contribution is 2.23. The van der Waals surface area contributed by atoms with E-state index in [4.69, 9.17) is 0 Å². The summed E-state index contributed by atoms with van der Waals surface area (Å²) in [6.07, 6.45) is 4.16. The molecule has 1 N–H and O–H groups in total. The highest BCUT2D eigenvalue weighted by molar-refractivity contribution is 5.55. The van der Waals surface area contributed by atoms with Crippen molar-refractivity contribution >= 4 is 17.5 Å². The zero-order valence-electron chi connectivity index (χ0n) is 12.1. The molecule has 1 aromatic carbocycles. The second-order valence-corrected chi connectivity index (χ2v) is 5.54. The molecule has 4 nitrogen and oxygen atoms in total. The van der Waals surface area contributed by atoms with Gasteiger partial charge in [-0.3, -0.25) is 0 Å². The molecule has 1 atom stereocenters. The van der Waals surface area contributed by atoms with Gasteiger partial charge in [-0.25, -0.2) is 9.37 Å². The van der Waals surface area contributed by atoms with Crippen LogP contribution in [-0.4, -0.2) is 23.1 Å². The predicted octanol–water partition coefficient (Wildman–Crippen LogP) is 3.60. The van der Waals surface area contributed by atoms with Crippen LogP contribution in [0.3, 0.4) is 0 Å². The number of nitrogens with zero attached hydrogens (tertiary/aromatic N) is 3. The Bertz CT molecular complexity index is 617. The van der Waals surface area contributed by atoms with Crippen molar-refractivity contribution in [2.75, 3.05) is 23.3 Å². The number of nitrogens with one attached hydrogen (secondary N) is 1. The fourth-order valence-electron chi connectivity index (χ4n) is 2.67. The molecular weight excluding hydrogens is 267 g/mol. The minimum atomic E-state index is -0.307. The summed E-state index contributed by atoms with van der Waals surface area (Å²) in [7, 11) is 0. The van der Waals surface area contributed by atoms with E-state index < -0.39 is 0 Å². The summed E-state index contributed by atoms with van der Waals surface area (Å²) in [6, 6.07) is 8.44. The molecule has 0 bridgehead atoms. The Morgan fingerprint density at radius 3 is 2.95 bits per heavy atom. The minimum Gasteiger partial charge on any atom is -0.356 e. The first-order valence-electron chi connectivity index (χ1n) is 7.32. The lowest BCUT2D eigenvalue weighted by atomic mass is 10.0. The molecule has 2 heterocycles. The van der Waals surface area contributed by atoms with Gasteiger partial charge in [0.05, 0.1) is 5.69 Å². The summed E-state index contributed by atoms with van der Waals surface area (Å²) in [5.74, 6) is 1.70. The number of para-hydroxylation sites is 1. The molecule has 110 valence electrons. The number of rotatable bonds is 3. The highest BCUT2D eigenvalue weighted by atomic mass is 19.1. The van der Waals surface area contributed by atoms with Crippen molar-refractivity contribution in [1.82, 2.24) is 9.97 Å². The maximum atomic E-state index is 13.7. The summed E-state index contributed by atoms with van der Waals surface area (Å²) in [5.41, 5.74) is 0.390. The monoisotopic (exact) mass is 286 g/mol. The fraction of sp³-hybridized carbons (Fsp3) is 0.375. The van der Waals surface area contributed by atoms with Crippen LogP contribution in [0.25, 0.3) is 0 Å². The third-order valence-corrected chi connectivity index (χ3v) is 3.74. The van der Waals surface area contributed by atoms with Gasteiger partial charge in [0.25, 0.3) is 0 Å². The van der Waals surface area contributed by atoms with Crippen molar-refractivity contribution in [2.45, 2.75) is 19.8 Å². The molecule has 21 heavy (non-hydrogen) atoms. The van der Waals surface area contributed by atoms with E-state index in [1.165, 1.54) is 18.9 Å². The molecule has 0 radical (unpaired) electrons. The van der Waals surface area contributed by atoms with Gasteiger partial charge in [0.2, 0.25) is 5.95 Å². The number of hydrogen-bond acceptors (Lipinski definition) is 4. The van der Waals surface area contributed by atoms with Crippen LogP contribution in [0.15, 0.2) is 36.5 Å². The number of aromatic nitrogens is 2. The average molecular weight is 286 g/mol. The van der Waals surface area contributed by atoms with Crippen molar-refractivity contribution in [1.29, 1.82) is 0 Å². The molecule has 1 aromatic heterocycles. The van der Waals surface area contributed by atoms with Crippen molar-refractivity contribution < 1.29 is 4.39 Å². The normalized spacial score (nSPS) is 18.6. The summed E-state index contributed by atoms with van der Waals surface area (Å²) >= 11 is 0. The van der Waals surface area contributed by atoms with Gasteiger partial charge in [-0.05, 0) is 37.0 Å². The highest BCUT2D eigenvalue weighted by Gasteiger charge is 2.18. The Morgan fingerprint density at radius 1 is 1.29 bits per heavy atom. The van der Waals surface area contributed by atoms with Crippen LogP contribution in [0.5, 0.6) is 0 Å². The molecule has 1 unspecified atom stereocenters. The quantitative estimate of drug-likeness (QED) is 0.936. The Hall–Kier alpha value is -2.17. The lowest BCUT2D eigenvalue weighted by Gasteiger charge is -2.31. The number of hydrogen-bond donors (Lipinski definition) is 1.